The number of H-pyrrole nitrogens is 1. The molecule has 0 bridgehead atoms. The van der Waals surface area contributed by atoms with E-state index >= 15 is 0 Å². The lowest BCUT2D eigenvalue weighted by molar-refractivity contribution is -0.145. The van der Waals surface area contributed by atoms with Gasteiger partial charge in [-0.1, -0.05) is 25.6 Å². The lowest BCUT2D eigenvalue weighted by Crippen LogP contribution is -2.43. The summed E-state index contributed by atoms with van der Waals surface area (Å²) in [6, 6.07) is 0.711. The smallest absolute Gasteiger partial charge is 0.328 e. The lowest BCUT2D eigenvalue weighted by Gasteiger charge is -2.18. The molecule has 0 saturated carbocycles. The van der Waals surface area contributed by atoms with Gasteiger partial charge in [0, 0.05) is 11.8 Å². The monoisotopic (exact) mass is 327 g/mol. The Balaban J connectivity index is 2.59. The lowest BCUT2D eigenvalue weighted by atomic mass is 10.0. The van der Waals surface area contributed by atoms with Crippen LogP contribution in [0.15, 0.2) is 16.0 Å². The van der Waals surface area contributed by atoms with Gasteiger partial charge in [-0.25, -0.2) is 9.78 Å². The van der Waals surface area contributed by atoms with Crippen LogP contribution in [0.2, 0.25) is 0 Å². The maximum Gasteiger partial charge on any atom is 0.328 e. The first-order chi connectivity index (χ1) is 10.3. The van der Waals surface area contributed by atoms with Gasteiger partial charge in [0.2, 0.25) is 5.91 Å². The summed E-state index contributed by atoms with van der Waals surface area (Å²) in [6.07, 6.45) is 0.503. The highest BCUT2D eigenvalue weighted by molar-refractivity contribution is 7.99. The molecule has 0 unspecified atom stereocenters. The molecule has 1 rings (SSSR count). The summed E-state index contributed by atoms with van der Waals surface area (Å²) in [5, 5.41) is 3.02. The quantitative estimate of drug-likeness (QED) is 0.438. The average Bonchev–Trinajstić information content (AvgIpc) is 2.42. The summed E-state index contributed by atoms with van der Waals surface area (Å²) in [5.41, 5.74) is 0.321. The number of esters is 1. The van der Waals surface area contributed by atoms with Crippen molar-refractivity contribution >= 4 is 23.6 Å². The number of thioether (sulfide) groups is 1. The van der Waals surface area contributed by atoms with Gasteiger partial charge in [-0.3, -0.25) is 9.59 Å². The Hall–Kier alpha value is -1.83. The zero-order valence-electron chi connectivity index (χ0n) is 13.1. The van der Waals surface area contributed by atoms with Crippen LogP contribution in [-0.4, -0.2) is 40.7 Å². The van der Waals surface area contributed by atoms with E-state index in [0.29, 0.717) is 17.3 Å². The van der Waals surface area contributed by atoms with E-state index in [4.69, 9.17) is 0 Å². The number of methoxy groups -OCH3 is 1. The number of hydrogen-bond donors (Lipinski definition) is 2. The van der Waals surface area contributed by atoms with E-state index in [1.165, 1.54) is 13.2 Å². The first-order valence-electron chi connectivity index (χ1n) is 6.89. The standard InChI is InChI=1S/C14H21N3O4S/c1-8(2)5-10(13(20)21-4)16-12(19)7-22-14-15-9(3)6-11(18)17-14/h6,8,10H,5,7H2,1-4H3,(H,16,19)(H,15,17,18)/t10-/m0/s1. The molecule has 0 radical (unpaired) electrons. The Labute approximate surface area is 133 Å². The maximum absolute atomic E-state index is 11.9. The largest absolute Gasteiger partial charge is 0.467 e. The zero-order valence-corrected chi connectivity index (χ0v) is 14.0. The second kappa shape index (κ2) is 8.57. The van der Waals surface area contributed by atoms with Crippen LogP contribution < -0.4 is 10.9 Å². The molecule has 2 N–H and O–H groups in total. The molecular weight excluding hydrogens is 306 g/mol. The summed E-state index contributed by atoms with van der Waals surface area (Å²) in [4.78, 5) is 41.6. The molecule has 1 atom stereocenters. The molecule has 1 aromatic rings. The molecule has 1 aromatic heterocycles. The maximum atomic E-state index is 11.9. The fraction of sp³-hybridized carbons (Fsp3) is 0.571. The third-order valence-corrected chi connectivity index (χ3v) is 3.59. The van der Waals surface area contributed by atoms with E-state index < -0.39 is 12.0 Å². The molecule has 0 aromatic carbocycles. The normalized spacial score (nSPS) is 12.0. The topological polar surface area (TPSA) is 101 Å². The van der Waals surface area contributed by atoms with Crippen molar-refractivity contribution in [2.24, 2.45) is 5.92 Å². The highest BCUT2D eigenvalue weighted by Crippen LogP contribution is 2.11. The number of hydrogen-bond acceptors (Lipinski definition) is 6. The number of aromatic amines is 1. The highest BCUT2D eigenvalue weighted by Gasteiger charge is 2.22. The summed E-state index contributed by atoms with van der Waals surface area (Å²) >= 11 is 1.11. The Morgan fingerprint density at radius 2 is 2.14 bits per heavy atom. The fourth-order valence-corrected chi connectivity index (χ4v) is 2.55. The predicted molar refractivity (Wildman–Crippen MR) is 83.7 cm³/mol. The fourth-order valence-electron chi connectivity index (χ4n) is 1.82. The van der Waals surface area contributed by atoms with E-state index in [1.807, 2.05) is 13.8 Å². The number of amides is 1. The summed E-state index contributed by atoms with van der Waals surface area (Å²) in [5.74, 6) is -0.482. The van der Waals surface area contributed by atoms with Gasteiger partial charge in [0.05, 0.1) is 12.9 Å². The summed E-state index contributed by atoms with van der Waals surface area (Å²) in [7, 11) is 1.29. The molecule has 22 heavy (non-hydrogen) atoms. The Kier molecular flexibility index (Phi) is 7.10. The number of aromatic nitrogens is 2. The molecule has 0 aliphatic carbocycles. The second-order valence-electron chi connectivity index (χ2n) is 5.25. The molecular formula is C14H21N3O4S. The Morgan fingerprint density at radius 1 is 1.45 bits per heavy atom. The molecule has 0 aliphatic rings. The molecule has 1 heterocycles. The van der Waals surface area contributed by atoms with Gasteiger partial charge >= 0.3 is 5.97 Å². The van der Waals surface area contributed by atoms with Crippen LogP contribution in [0.3, 0.4) is 0 Å². The van der Waals surface area contributed by atoms with Crippen LogP contribution in [0.1, 0.15) is 26.0 Å². The Bertz CT molecular complexity index is 586. The number of aryl methyl sites for hydroxylation is 1. The molecule has 0 fully saturated rings. The van der Waals surface area contributed by atoms with Gasteiger partial charge in [0.15, 0.2) is 5.16 Å². The van der Waals surface area contributed by atoms with Crippen molar-refractivity contribution < 1.29 is 14.3 Å². The number of nitrogens with one attached hydrogen (secondary N) is 2. The van der Waals surface area contributed by atoms with Gasteiger partial charge in [0.25, 0.3) is 5.56 Å². The first kappa shape index (κ1) is 18.2. The third-order valence-electron chi connectivity index (χ3n) is 2.72. The van der Waals surface area contributed by atoms with Gasteiger partial charge < -0.3 is 15.0 Å². The van der Waals surface area contributed by atoms with E-state index in [0.717, 1.165) is 11.8 Å². The van der Waals surface area contributed by atoms with Crippen LogP contribution in [0, 0.1) is 12.8 Å². The van der Waals surface area contributed by atoms with E-state index in [1.54, 1.807) is 6.92 Å². The number of ether oxygens (including phenoxy) is 1. The predicted octanol–water partition coefficient (Wildman–Crippen LogP) is 0.874. The van der Waals surface area contributed by atoms with Gasteiger partial charge in [-0.05, 0) is 19.3 Å². The van der Waals surface area contributed by atoms with Crippen LogP contribution in [0.25, 0.3) is 0 Å². The van der Waals surface area contributed by atoms with Gasteiger partial charge in [-0.2, -0.15) is 0 Å². The minimum Gasteiger partial charge on any atom is -0.467 e. The van der Waals surface area contributed by atoms with Crippen molar-refractivity contribution in [1.82, 2.24) is 15.3 Å². The van der Waals surface area contributed by atoms with Gasteiger partial charge in [0.1, 0.15) is 6.04 Å². The van der Waals surface area contributed by atoms with E-state index in [-0.39, 0.29) is 23.1 Å². The molecule has 1 amide bonds. The number of nitrogens with zero attached hydrogens (tertiary/aromatic N) is 1. The van der Waals surface area contributed by atoms with Gasteiger partial charge in [-0.15, -0.1) is 0 Å². The second-order valence-corrected chi connectivity index (χ2v) is 6.22. The van der Waals surface area contributed by atoms with E-state index in [9.17, 15) is 14.4 Å². The minimum atomic E-state index is -0.664. The average molecular weight is 327 g/mol. The van der Waals surface area contributed by atoms with Crippen LogP contribution in [-0.2, 0) is 14.3 Å². The molecule has 7 nitrogen and oxygen atoms in total. The van der Waals surface area contributed by atoms with Crippen LogP contribution in [0.4, 0.5) is 0 Å². The minimum absolute atomic E-state index is 0.0536. The molecule has 0 spiro atoms. The van der Waals surface area contributed by atoms with Crippen molar-refractivity contribution in [2.75, 3.05) is 12.9 Å². The Morgan fingerprint density at radius 3 is 2.68 bits per heavy atom. The highest BCUT2D eigenvalue weighted by atomic mass is 32.2. The SMILES string of the molecule is COC(=O)[C@H](CC(C)C)NC(=O)CSc1nc(C)cc(=O)[nH]1. The van der Waals surface area contributed by atoms with Crippen molar-refractivity contribution in [2.45, 2.75) is 38.4 Å². The zero-order chi connectivity index (χ0) is 16.7. The first-order valence-corrected chi connectivity index (χ1v) is 7.88. The van der Waals surface area contributed by atoms with Crippen molar-refractivity contribution in [1.29, 1.82) is 0 Å². The van der Waals surface area contributed by atoms with Crippen molar-refractivity contribution in [3.05, 3.63) is 22.1 Å². The van der Waals surface area contributed by atoms with Crippen molar-refractivity contribution in [3.63, 3.8) is 0 Å². The summed E-state index contributed by atoms with van der Waals surface area (Å²) < 4.78 is 4.69. The summed E-state index contributed by atoms with van der Waals surface area (Å²) in [6.45, 7) is 5.62. The van der Waals surface area contributed by atoms with Crippen LogP contribution >= 0.6 is 11.8 Å². The van der Waals surface area contributed by atoms with Crippen LogP contribution in [0.5, 0.6) is 0 Å². The van der Waals surface area contributed by atoms with Crippen molar-refractivity contribution in [3.8, 4) is 0 Å². The number of rotatable bonds is 7. The molecule has 122 valence electrons. The van der Waals surface area contributed by atoms with E-state index in [2.05, 4.69) is 20.0 Å². The number of carbonyl (C=O) groups is 2. The number of carbonyl (C=O) groups excluding carboxylic acids is 2. The third kappa shape index (κ3) is 6.30. The molecule has 8 heteroatoms. The molecule has 0 aliphatic heterocycles. The molecule has 0 saturated heterocycles.